The van der Waals surface area contributed by atoms with Crippen molar-refractivity contribution in [2.24, 2.45) is 10.4 Å². The first-order chi connectivity index (χ1) is 14.1. The van der Waals surface area contributed by atoms with Crippen LogP contribution in [0.3, 0.4) is 0 Å². The van der Waals surface area contributed by atoms with Gasteiger partial charge in [0.05, 0.1) is 11.3 Å². The zero-order chi connectivity index (χ0) is 22.1. The van der Waals surface area contributed by atoms with Crippen molar-refractivity contribution in [2.75, 3.05) is 13.1 Å². The monoisotopic (exact) mass is 416 g/mol. The van der Waals surface area contributed by atoms with Crippen LogP contribution in [0.2, 0.25) is 0 Å². The van der Waals surface area contributed by atoms with Gasteiger partial charge in [0.2, 0.25) is 0 Å². The molecule has 2 nitrogen and oxygen atoms in total. The summed E-state index contributed by atoms with van der Waals surface area (Å²) in [6.07, 6.45) is -0.912. The van der Waals surface area contributed by atoms with E-state index in [1.807, 2.05) is 19.9 Å². The number of halogens is 4. The van der Waals surface area contributed by atoms with Crippen molar-refractivity contribution in [3.05, 3.63) is 77.1 Å². The van der Waals surface area contributed by atoms with Crippen LogP contribution in [-0.2, 0) is 12.7 Å². The van der Waals surface area contributed by atoms with Gasteiger partial charge in [-0.3, -0.25) is 9.89 Å². The average Bonchev–Trinajstić information content (AvgIpc) is 2.67. The van der Waals surface area contributed by atoms with Crippen molar-refractivity contribution in [1.29, 1.82) is 0 Å². The smallest absolute Gasteiger partial charge is 0.295 e. The summed E-state index contributed by atoms with van der Waals surface area (Å²) >= 11 is 0. The minimum Gasteiger partial charge on any atom is -0.295 e. The lowest BCUT2D eigenvalue weighted by Gasteiger charge is -2.39. The van der Waals surface area contributed by atoms with Gasteiger partial charge in [0.15, 0.2) is 0 Å². The highest BCUT2D eigenvalue weighted by atomic mass is 19.4. The van der Waals surface area contributed by atoms with Gasteiger partial charge in [0.25, 0.3) is 0 Å². The zero-order valence-electron chi connectivity index (χ0n) is 17.1. The maximum Gasteiger partial charge on any atom is 0.416 e. The number of hydrogen-bond acceptors (Lipinski definition) is 2. The number of benzene rings is 2. The molecule has 2 aromatic rings. The van der Waals surface area contributed by atoms with E-state index in [1.165, 1.54) is 18.2 Å². The summed E-state index contributed by atoms with van der Waals surface area (Å²) in [6, 6.07) is 8.66. The van der Waals surface area contributed by atoms with Crippen molar-refractivity contribution < 1.29 is 17.6 Å². The van der Waals surface area contributed by atoms with Crippen LogP contribution in [0, 0.1) is 11.2 Å². The van der Waals surface area contributed by atoms with E-state index in [9.17, 15) is 13.2 Å². The van der Waals surface area contributed by atoms with Crippen LogP contribution in [0.1, 0.15) is 36.1 Å². The predicted octanol–water partition coefficient (Wildman–Crippen LogP) is 6.75. The van der Waals surface area contributed by atoms with Crippen molar-refractivity contribution in [3.8, 4) is 0 Å². The Balaban J connectivity index is 1.84. The number of alkyl halides is 3. The van der Waals surface area contributed by atoms with E-state index in [1.54, 1.807) is 12.1 Å². The highest BCUT2D eigenvalue weighted by molar-refractivity contribution is 5.77. The molecule has 1 heterocycles. The second-order valence-corrected chi connectivity index (χ2v) is 8.09. The van der Waals surface area contributed by atoms with Crippen LogP contribution < -0.4 is 0 Å². The molecule has 158 valence electrons. The Bertz CT molecular complexity index is 986. The van der Waals surface area contributed by atoms with Crippen LogP contribution >= 0.6 is 0 Å². The number of aliphatic imine (C=N–C) groups is 1. The molecule has 1 aliphatic heterocycles. The van der Waals surface area contributed by atoms with Gasteiger partial charge in [0, 0.05) is 36.2 Å². The molecule has 0 fully saturated rings. The molecule has 0 aliphatic carbocycles. The first-order valence-corrected chi connectivity index (χ1v) is 9.58. The van der Waals surface area contributed by atoms with Gasteiger partial charge in [-0.05, 0) is 42.1 Å². The highest BCUT2D eigenvalue weighted by Gasteiger charge is 2.33. The molecular weight excluding hydrogens is 392 g/mol. The van der Waals surface area contributed by atoms with E-state index >= 15 is 4.39 Å². The van der Waals surface area contributed by atoms with Gasteiger partial charge in [-0.15, -0.1) is 0 Å². The Labute approximate surface area is 174 Å². The third-order valence-electron chi connectivity index (χ3n) is 5.41. The first-order valence-electron chi connectivity index (χ1n) is 9.58. The van der Waals surface area contributed by atoms with Crippen LogP contribution in [-0.4, -0.2) is 24.7 Å². The molecule has 0 atom stereocenters. The fourth-order valence-corrected chi connectivity index (χ4v) is 3.98. The van der Waals surface area contributed by atoms with Crippen molar-refractivity contribution in [1.82, 2.24) is 4.90 Å². The molecule has 0 N–H and O–H groups in total. The quantitative estimate of drug-likeness (QED) is 0.389. The second kappa shape index (κ2) is 8.19. The topological polar surface area (TPSA) is 15.6 Å². The molecule has 0 radical (unpaired) electrons. The largest absolute Gasteiger partial charge is 0.416 e. The maximum absolute atomic E-state index is 15.1. The molecule has 1 aliphatic rings. The Morgan fingerprint density at radius 3 is 2.33 bits per heavy atom. The highest BCUT2D eigenvalue weighted by Crippen LogP contribution is 2.41. The predicted molar refractivity (Wildman–Crippen MR) is 114 cm³/mol. The molecule has 0 unspecified atom stereocenters. The van der Waals surface area contributed by atoms with Crippen LogP contribution in [0.25, 0.3) is 11.6 Å². The standard InChI is InChI=1S/C24H24F4N2/c1-5-18-21(29-4)11-10-19(22(18)25)20-12-13-30(15-23(20,2)3)14-16-6-8-17(9-7-16)24(26,27)28/h5-12H,1,4,13-15H2,2-3H3. The summed E-state index contributed by atoms with van der Waals surface area (Å²) in [4.78, 5) is 5.98. The third-order valence-corrected chi connectivity index (χ3v) is 5.41. The van der Waals surface area contributed by atoms with E-state index in [4.69, 9.17) is 0 Å². The lowest BCUT2D eigenvalue weighted by molar-refractivity contribution is -0.137. The Kier molecular flexibility index (Phi) is 5.99. The number of rotatable bonds is 5. The summed E-state index contributed by atoms with van der Waals surface area (Å²) in [5.41, 5.74) is 1.97. The van der Waals surface area contributed by atoms with Gasteiger partial charge in [-0.1, -0.05) is 44.7 Å². The van der Waals surface area contributed by atoms with Gasteiger partial charge < -0.3 is 0 Å². The Morgan fingerprint density at radius 1 is 1.13 bits per heavy atom. The molecule has 0 bridgehead atoms. The van der Waals surface area contributed by atoms with E-state index in [0.717, 1.165) is 23.3 Å². The summed E-state index contributed by atoms with van der Waals surface area (Å²) in [5.74, 6) is -0.370. The minimum atomic E-state index is -4.34. The van der Waals surface area contributed by atoms with Crippen LogP contribution in [0.4, 0.5) is 23.2 Å². The van der Waals surface area contributed by atoms with E-state index in [-0.39, 0.29) is 11.2 Å². The maximum atomic E-state index is 15.1. The van der Waals surface area contributed by atoms with Gasteiger partial charge >= 0.3 is 6.18 Å². The molecule has 0 saturated heterocycles. The van der Waals surface area contributed by atoms with Gasteiger partial charge in [-0.25, -0.2) is 4.39 Å². The van der Waals surface area contributed by atoms with E-state index in [0.29, 0.717) is 36.4 Å². The summed E-state index contributed by atoms with van der Waals surface area (Å²) in [6.45, 7) is 12.9. The van der Waals surface area contributed by atoms with E-state index < -0.39 is 11.7 Å². The SMILES string of the molecule is C=Cc1c(N=C)ccc(C2=CCN(Cc3ccc(C(F)(F)F)cc3)CC2(C)C)c1F. The molecule has 0 aromatic heterocycles. The normalized spacial score (nSPS) is 16.8. The van der Waals surface area contributed by atoms with E-state index in [2.05, 4.69) is 23.2 Å². The molecule has 3 rings (SSSR count). The molecule has 0 amide bonds. The van der Waals surface area contributed by atoms with Crippen LogP contribution in [0.5, 0.6) is 0 Å². The lowest BCUT2D eigenvalue weighted by atomic mass is 9.77. The number of nitrogens with zero attached hydrogens (tertiary/aromatic N) is 2. The van der Waals surface area contributed by atoms with Gasteiger partial charge in [-0.2, -0.15) is 13.2 Å². The summed E-state index contributed by atoms with van der Waals surface area (Å²) < 4.78 is 53.4. The molecular formula is C24H24F4N2. The first kappa shape index (κ1) is 22.0. The molecule has 0 saturated carbocycles. The van der Waals surface area contributed by atoms with Crippen molar-refractivity contribution in [2.45, 2.75) is 26.6 Å². The lowest BCUT2D eigenvalue weighted by Crippen LogP contribution is -2.39. The van der Waals surface area contributed by atoms with Crippen molar-refractivity contribution in [3.63, 3.8) is 0 Å². The molecule has 2 aromatic carbocycles. The third kappa shape index (κ3) is 4.38. The fraction of sp³-hybridized carbons (Fsp3) is 0.292. The Hall–Kier alpha value is -2.73. The number of hydrogen-bond donors (Lipinski definition) is 0. The van der Waals surface area contributed by atoms with Crippen LogP contribution in [0.15, 0.2) is 54.0 Å². The van der Waals surface area contributed by atoms with Crippen molar-refractivity contribution >= 4 is 24.1 Å². The summed E-state index contributed by atoms with van der Waals surface area (Å²) in [5, 5.41) is 0. The summed E-state index contributed by atoms with van der Waals surface area (Å²) in [7, 11) is 0. The molecule has 0 spiro atoms. The fourth-order valence-electron chi connectivity index (χ4n) is 3.98. The second-order valence-electron chi connectivity index (χ2n) is 8.09. The average molecular weight is 416 g/mol. The zero-order valence-corrected chi connectivity index (χ0v) is 17.1. The Morgan fingerprint density at radius 2 is 1.80 bits per heavy atom. The minimum absolute atomic E-state index is 0.325. The molecule has 6 heteroatoms. The molecule has 30 heavy (non-hydrogen) atoms. The van der Waals surface area contributed by atoms with Gasteiger partial charge in [0.1, 0.15) is 5.82 Å².